The number of benzene rings is 2. The lowest BCUT2D eigenvalue weighted by atomic mass is 9.81. The fourth-order valence-corrected chi connectivity index (χ4v) is 6.62. The van der Waals surface area contributed by atoms with E-state index in [2.05, 4.69) is 4.72 Å². The molecule has 0 heterocycles. The molecular formula is C26H30F3NO5S. The highest BCUT2D eigenvalue weighted by Gasteiger charge is 2.47. The number of nitrogens with one attached hydrogen (secondary N) is 1. The van der Waals surface area contributed by atoms with Gasteiger partial charge < -0.3 is 9.84 Å². The molecule has 6 nitrogen and oxygen atoms in total. The number of ether oxygens (including phenoxy) is 1. The van der Waals surface area contributed by atoms with Crippen molar-refractivity contribution in [2.24, 2.45) is 5.92 Å². The molecule has 0 unspecified atom stereocenters. The van der Waals surface area contributed by atoms with Gasteiger partial charge in [0, 0.05) is 6.08 Å². The van der Waals surface area contributed by atoms with Gasteiger partial charge in [0.2, 0.25) is 10.0 Å². The van der Waals surface area contributed by atoms with Crippen molar-refractivity contribution in [2.45, 2.75) is 63.5 Å². The molecule has 2 aromatic rings. The van der Waals surface area contributed by atoms with E-state index < -0.39 is 32.5 Å². The molecule has 0 radical (unpaired) electrons. The van der Waals surface area contributed by atoms with Crippen molar-refractivity contribution in [2.75, 3.05) is 4.72 Å². The van der Waals surface area contributed by atoms with Crippen molar-refractivity contribution in [3.05, 3.63) is 65.2 Å². The summed E-state index contributed by atoms with van der Waals surface area (Å²) >= 11 is 0. The smallest absolute Gasteiger partial charge is 0.416 e. The summed E-state index contributed by atoms with van der Waals surface area (Å²) in [5, 5.41) is 8.72. The number of alkyl halides is 3. The zero-order valence-electron chi connectivity index (χ0n) is 20.1. The molecule has 1 saturated carbocycles. The van der Waals surface area contributed by atoms with Crippen molar-refractivity contribution in [3.63, 3.8) is 0 Å². The summed E-state index contributed by atoms with van der Waals surface area (Å²) in [7, 11) is -3.94. The third-order valence-electron chi connectivity index (χ3n) is 6.63. The molecule has 0 aliphatic heterocycles. The molecule has 2 aromatic carbocycles. The fraction of sp³-hybridized carbons (Fsp3) is 0.423. The second-order valence-electron chi connectivity index (χ2n) is 9.30. The average molecular weight is 526 g/mol. The number of carbonyl (C=O) groups is 1. The van der Waals surface area contributed by atoms with Gasteiger partial charge in [-0.1, -0.05) is 57.4 Å². The lowest BCUT2D eigenvalue weighted by Gasteiger charge is -2.40. The van der Waals surface area contributed by atoms with Gasteiger partial charge in [-0.25, -0.2) is 13.2 Å². The van der Waals surface area contributed by atoms with Gasteiger partial charge in [0.25, 0.3) is 0 Å². The highest BCUT2D eigenvalue weighted by Crippen LogP contribution is 2.43. The summed E-state index contributed by atoms with van der Waals surface area (Å²) in [6.07, 6.45) is 1.23. The van der Waals surface area contributed by atoms with Gasteiger partial charge in [-0.15, -0.1) is 0 Å². The third kappa shape index (κ3) is 6.40. The molecule has 0 bridgehead atoms. The average Bonchev–Trinajstić information content (AvgIpc) is 2.82. The number of carboxylic acids is 1. The van der Waals surface area contributed by atoms with E-state index in [1.807, 2.05) is 13.8 Å². The third-order valence-corrected chi connectivity index (χ3v) is 9.07. The SMILES string of the molecule is CC(C)C1(S(=O)(=O)Nc2ccc(C(F)(F)F)cc2OCc2ccc(/C=C/C(=O)O)cc2)CCCCC1. The number of hydrogen-bond acceptors (Lipinski definition) is 4. The van der Waals surface area contributed by atoms with Gasteiger partial charge in [0.05, 0.1) is 16.0 Å². The van der Waals surface area contributed by atoms with Crippen LogP contribution in [-0.4, -0.2) is 24.2 Å². The molecule has 0 saturated heterocycles. The number of carboxylic acid groups (broad SMARTS) is 1. The molecule has 0 aromatic heterocycles. The van der Waals surface area contributed by atoms with E-state index in [9.17, 15) is 26.4 Å². The summed E-state index contributed by atoms with van der Waals surface area (Å²) in [6, 6.07) is 9.30. The molecule has 10 heteroatoms. The van der Waals surface area contributed by atoms with Crippen molar-refractivity contribution in [3.8, 4) is 5.75 Å². The number of sulfonamides is 1. The maximum absolute atomic E-state index is 13.5. The van der Waals surface area contributed by atoms with Crippen LogP contribution in [0.4, 0.5) is 18.9 Å². The lowest BCUT2D eigenvalue weighted by molar-refractivity contribution is -0.137. The minimum absolute atomic E-state index is 0.0467. The monoisotopic (exact) mass is 525 g/mol. The maximum Gasteiger partial charge on any atom is 0.416 e. The predicted molar refractivity (Wildman–Crippen MR) is 132 cm³/mol. The van der Waals surface area contributed by atoms with Crippen LogP contribution in [0.15, 0.2) is 48.5 Å². The van der Waals surface area contributed by atoms with Gasteiger partial charge in [0.15, 0.2) is 0 Å². The summed E-state index contributed by atoms with van der Waals surface area (Å²) in [5.74, 6) is -1.49. The fourth-order valence-electron chi connectivity index (χ4n) is 4.51. The summed E-state index contributed by atoms with van der Waals surface area (Å²) in [6.45, 7) is 3.59. The number of aliphatic carboxylic acids is 1. The first-order valence-electron chi connectivity index (χ1n) is 11.7. The first kappa shape index (κ1) is 27.6. The summed E-state index contributed by atoms with van der Waals surface area (Å²) < 4.78 is 74.5. The molecule has 3 rings (SSSR count). The Morgan fingerprint density at radius 3 is 2.31 bits per heavy atom. The number of halogens is 3. The van der Waals surface area contributed by atoms with E-state index in [1.165, 1.54) is 6.08 Å². The zero-order chi connectivity index (χ0) is 26.6. The van der Waals surface area contributed by atoms with Gasteiger partial charge in [0.1, 0.15) is 12.4 Å². The van der Waals surface area contributed by atoms with Gasteiger partial charge in [-0.3, -0.25) is 4.72 Å². The van der Waals surface area contributed by atoms with E-state index in [1.54, 1.807) is 24.3 Å². The van der Waals surface area contributed by atoms with Crippen LogP contribution >= 0.6 is 0 Å². The highest BCUT2D eigenvalue weighted by atomic mass is 32.2. The molecule has 0 amide bonds. The van der Waals surface area contributed by atoms with Crippen LogP contribution in [0.3, 0.4) is 0 Å². The van der Waals surface area contributed by atoms with E-state index in [0.717, 1.165) is 43.5 Å². The normalized spacial score (nSPS) is 16.3. The van der Waals surface area contributed by atoms with Crippen molar-refractivity contribution >= 4 is 27.8 Å². The van der Waals surface area contributed by atoms with Crippen LogP contribution < -0.4 is 9.46 Å². The van der Waals surface area contributed by atoms with Crippen LogP contribution in [-0.2, 0) is 27.6 Å². The molecule has 196 valence electrons. The summed E-state index contributed by atoms with van der Waals surface area (Å²) in [5.41, 5.74) is 0.236. The Kier molecular flexibility index (Phi) is 8.38. The predicted octanol–water partition coefficient (Wildman–Crippen LogP) is 6.48. The molecule has 1 aliphatic carbocycles. The van der Waals surface area contributed by atoms with E-state index in [4.69, 9.17) is 9.84 Å². The molecular weight excluding hydrogens is 495 g/mol. The number of rotatable bonds is 9. The van der Waals surface area contributed by atoms with Crippen LogP contribution in [0.5, 0.6) is 5.75 Å². The van der Waals surface area contributed by atoms with Crippen molar-refractivity contribution in [1.29, 1.82) is 0 Å². The first-order chi connectivity index (χ1) is 16.8. The number of anilines is 1. The quantitative estimate of drug-likeness (QED) is 0.366. The Hall–Kier alpha value is -3.01. The van der Waals surface area contributed by atoms with Gasteiger partial charge in [-0.2, -0.15) is 13.2 Å². The Morgan fingerprint density at radius 2 is 1.75 bits per heavy atom. The molecule has 1 aliphatic rings. The molecule has 36 heavy (non-hydrogen) atoms. The van der Waals surface area contributed by atoms with E-state index in [0.29, 0.717) is 24.0 Å². The van der Waals surface area contributed by atoms with E-state index >= 15 is 0 Å². The zero-order valence-corrected chi connectivity index (χ0v) is 21.0. The minimum atomic E-state index is -4.63. The van der Waals surface area contributed by atoms with Crippen LogP contribution in [0, 0.1) is 5.92 Å². The Morgan fingerprint density at radius 1 is 1.11 bits per heavy atom. The Bertz CT molecular complexity index is 1200. The standard InChI is InChI=1S/C26H30F3NO5S/c1-18(2)25(14-4-3-5-15-25)36(33,34)30-22-12-11-21(26(27,28)29)16-23(22)35-17-20-8-6-19(7-9-20)10-13-24(31)32/h6-13,16,18,30H,3-5,14-15,17H2,1-2H3,(H,31,32)/b13-10+. The van der Waals surface area contributed by atoms with Crippen LogP contribution in [0.1, 0.15) is 62.6 Å². The van der Waals surface area contributed by atoms with Crippen molar-refractivity contribution in [1.82, 2.24) is 0 Å². The Balaban J connectivity index is 1.88. The summed E-state index contributed by atoms with van der Waals surface area (Å²) in [4.78, 5) is 10.7. The van der Waals surface area contributed by atoms with Gasteiger partial charge in [-0.05, 0) is 54.2 Å². The second-order valence-corrected chi connectivity index (χ2v) is 11.3. The largest absolute Gasteiger partial charge is 0.487 e. The highest BCUT2D eigenvalue weighted by molar-refractivity contribution is 7.94. The van der Waals surface area contributed by atoms with Crippen LogP contribution in [0.25, 0.3) is 6.08 Å². The molecule has 1 fully saturated rings. The maximum atomic E-state index is 13.5. The Labute approximate surface area is 209 Å². The molecule has 2 N–H and O–H groups in total. The van der Waals surface area contributed by atoms with Crippen LogP contribution in [0.2, 0.25) is 0 Å². The van der Waals surface area contributed by atoms with Crippen molar-refractivity contribution < 1.29 is 36.2 Å². The molecule has 0 atom stereocenters. The number of hydrogen-bond donors (Lipinski definition) is 2. The molecule has 0 spiro atoms. The minimum Gasteiger partial charge on any atom is -0.487 e. The topological polar surface area (TPSA) is 92.7 Å². The first-order valence-corrected chi connectivity index (χ1v) is 13.2. The lowest BCUT2D eigenvalue weighted by Crippen LogP contribution is -2.48. The second kappa shape index (κ2) is 10.9. The van der Waals surface area contributed by atoms with Gasteiger partial charge >= 0.3 is 12.1 Å². The van der Waals surface area contributed by atoms with E-state index in [-0.39, 0.29) is 24.0 Å².